The van der Waals surface area contributed by atoms with Crippen LogP contribution in [0.25, 0.3) is 11.0 Å². The van der Waals surface area contributed by atoms with Gasteiger partial charge >= 0.3 is 0 Å². The van der Waals surface area contributed by atoms with Crippen LogP contribution in [0.1, 0.15) is 37.6 Å². The largest absolute Gasteiger partial charge is 0.331 e. The zero-order valence-electron chi connectivity index (χ0n) is 10.6. The molecule has 0 atom stereocenters. The number of aryl methyl sites for hydroxylation is 1. The van der Waals surface area contributed by atoms with E-state index < -0.39 is 0 Å². The van der Waals surface area contributed by atoms with Gasteiger partial charge in [0.15, 0.2) is 5.78 Å². The zero-order chi connectivity index (χ0) is 12.4. The number of benzene rings is 1. The number of Topliss-reactive ketones (excluding diaryl/α,β-unsaturated/α-hetero) is 1. The van der Waals surface area contributed by atoms with E-state index in [4.69, 9.17) is 0 Å². The maximum atomic E-state index is 11.9. The van der Waals surface area contributed by atoms with Gasteiger partial charge in [-0.05, 0) is 31.0 Å². The van der Waals surface area contributed by atoms with Gasteiger partial charge in [-0.25, -0.2) is 4.98 Å². The quantitative estimate of drug-likeness (QED) is 0.755. The molecule has 2 aromatic rings. The molecule has 0 spiro atoms. The third kappa shape index (κ3) is 2.38. The smallest absolute Gasteiger partial charge is 0.163 e. The molecule has 0 aliphatic rings. The first-order chi connectivity index (χ1) is 8.11. The van der Waals surface area contributed by atoms with Gasteiger partial charge in [0.1, 0.15) is 0 Å². The summed E-state index contributed by atoms with van der Waals surface area (Å²) in [5, 5.41) is 0. The van der Waals surface area contributed by atoms with Crippen LogP contribution in [0.2, 0.25) is 0 Å². The van der Waals surface area contributed by atoms with Gasteiger partial charge in [-0.1, -0.05) is 13.8 Å². The van der Waals surface area contributed by atoms with Crippen LogP contribution in [0.5, 0.6) is 0 Å². The first-order valence-electron chi connectivity index (χ1n) is 6.10. The van der Waals surface area contributed by atoms with Crippen molar-refractivity contribution in [1.82, 2.24) is 9.55 Å². The normalized spacial score (nSPS) is 11.3. The first-order valence-corrected chi connectivity index (χ1v) is 6.10. The van der Waals surface area contributed by atoms with Crippen LogP contribution in [-0.4, -0.2) is 15.3 Å². The standard InChI is InChI=1S/C14H18N2O/c1-4-16-9-15-12-8-11(5-6-13(12)16)14(17)7-10(2)3/h5-6,8-10H,4,7H2,1-3H3. The number of hydrogen-bond donors (Lipinski definition) is 0. The van der Waals surface area contributed by atoms with Gasteiger partial charge in [0.2, 0.25) is 0 Å². The maximum absolute atomic E-state index is 11.9. The molecular formula is C14H18N2O. The molecule has 17 heavy (non-hydrogen) atoms. The molecule has 1 aromatic carbocycles. The molecule has 1 heterocycles. The minimum atomic E-state index is 0.202. The number of carbonyl (C=O) groups is 1. The summed E-state index contributed by atoms with van der Waals surface area (Å²) >= 11 is 0. The Labute approximate surface area is 101 Å². The number of aromatic nitrogens is 2. The molecule has 3 nitrogen and oxygen atoms in total. The van der Waals surface area contributed by atoms with Crippen LogP contribution < -0.4 is 0 Å². The number of ketones is 1. The summed E-state index contributed by atoms with van der Waals surface area (Å²) in [5.41, 5.74) is 2.77. The predicted octanol–water partition coefficient (Wildman–Crippen LogP) is 3.29. The monoisotopic (exact) mass is 230 g/mol. The summed E-state index contributed by atoms with van der Waals surface area (Å²) in [6.45, 7) is 7.10. The van der Waals surface area contributed by atoms with Crippen molar-refractivity contribution in [2.75, 3.05) is 0 Å². The second-order valence-electron chi connectivity index (χ2n) is 4.76. The van der Waals surface area contributed by atoms with Crippen molar-refractivity contribution >= 4 is 16.8 Å². The summed E-state index contributed by atoms with van der Waals surface area (Å²) in [5.74, 6) is 0.597. The lowest BCUT2D eigenvalue weighted by atomic mass is 10.0. The lowest BCUT2D eigenvalue weighted by molar-refractivity contribution is 0.0968. The van der Waals surface area contributed by atoms with Crippen LogP contribution in [0.15, 0.2) is 24.5 Å². The van der Waals surface area contributed by atoms with E-state index in [2.05, 4.69) is 30.3 Å². The minimum absolute atomic E-state index is 0.202. The highest BCUT2D eigenvalue weighted by Crippen LogP contribution is 2.17. The molecule has 0 fully saturated rings. The molecule has 0 saturated heterocycles. The Hall–Kier alpha value is -1.64. The van der Waals surface area contributed by atoms with Crippen molar-refractivity contribution in [1.29, 1.82) is 0 Å². The van der Waals surface area contributed by atoms with Crippen LogP contribution in [0, 0.1) is 5.92 Å². The topological polar surface area (TPSA) is 34.9 Å². The maximum Gasteiger partial charge on any atom is 0.163 e. The fourth-order valence-electron chi connectivity index (χ4n) is 1.98. The average Bonchev–Trinajstić information content (AvgIpc) is 2.69. The van der Waals surface area contributed by atoms with Crippen LogP contribution in [-0.2, 0) is 6.54 Å². The van der Waals surface area contributed by atoms with E-state index in [1.54, 1.807) is 0 Å². The van der Waals surface area contributed by atoms with Crippen LogP contribution in [0.4, 0.5) is 0 Å². The Bertz CT molecular complexity index is 540. The molecule has 0 unspecified atom stereocenters. The van der Waals surface area contributed by atoms with Gasteiger partial charge in [0, 0.05) is 18.5 Å². The van der Waals surface area contributed by atoms with E-state index in [1.165, 1.54) is 0 Å². The van der Waals surface area contributed by atoms with Gasteiger partial charge in [-0.2, -0.15) is 0 Å². The summed E-state index contributed by atoms with van der Waals surface area (Å²) < 4.78 is 2.08. The fourth-order valence-corrected chi connectivity index (χ4v) is 1.98. The molecule has 0 amide bonds. The molecule has 0 bridgehead atoms. The summed E-state index contributed by atoms with van der Waals surface area (Å²) in [4.78, 5) is 16.3. The van der Waals surface area contributed by atoms with E-state index in [9.17, 15) is 4.79 Å². The van der Waals surface area contributed by atoms with Gasteiger partial charge in [-0.15, -0.1) is 0 Å². The molecular weight excluding hydrogens is 212 g/mol. The molecule has 2 rings (SSSR count). The molecule has 0 radical (unpaired) electrons. The van der Waals surface area contributed by atoms with E-state index >= 15 is 0 Å². The number of imidazole rings is 1. The van der Waals surface area contributed by atoms with E-state index in [1.807, 2.05) is 24.5 Å². The average molecular weight is 230 g/mol. The third-order valence-electron chi connectivity index (χ3n) is 2.88. The summed E-state index contributed by atoms with van der Waals surface area (Å²) in [6, 6.07) is 5.78. The SMILES string of the molecule is CCn1cnc2cc(C(=O)CC(C)C)ccc21. The van der Waals surface area contributed by atoms with Crippen molar-refractivity contribution in [2.24, 2.45) is 5.92 Å². The zero-order valence-corrected chi connectivity index (χ0v) is 10.6. The van der Waals surface area contributed by atoms with Crippen molar-refractivity contribution in [2.45, 2.75) is 33.7 Å². The van der Waals surface area contributed by atoms with Crippen molar-refractivity contribution in [3.8, 4) is 0 Å². The predicted molar refractivity (Wildman–Crippen MR) is 69.2 cm³/mol. The highest BCUT2D eigenvalue weighted by molar-refractivity contribution is 5.99. The van der Waals surface area contributed by atoms with Crippen molar-refractivity contribution < 1.29 is 4.79 Å². The third-order valence-corrected chi connectivity index (χ3v) is 2.88. The summed E-state index contributed by atoms with van der Waals surface area (Å²) in [7, 11) is 0. The Morgan fingerprint density at radius 1 is 1.41 bits per heavy atom. The number of nitrogens with zero attached hydrogens (tertiary/aromatic N) is 2. The molecule has 90 valence electrons. The highest BCUT2D eigenvalue weighted by Gasteiger charge is 2.10. The Morgan fingerprint density at radius 2 is 2.18 bits per heavy atom. The number of hydrogen-bond acceptors (Lipinski definition) is 2. The van der Waals surface area contributed by atoms with Crippen molar-refractivity contribution in [3.63, 3.8) is 0 Å². The van der Waals surface area contributed by atoms with Crippen LogP contribution in [0.3, 0.4) is 0 Å². The molecule has 0 saturated carbocycles. The molecule has 0 N–H and O–H groups in total. The molecule has 0 aliphatic carbocycles. The van der Waals surface area contributed by atoms with Crippen LogP contribution >= 0.6 is 0 Å². The number of rotatable bonds is 4. The Balaban J connectivity index is 2.35. The molecule has 3 heteroatoms. The van der Waals surface area contributed by atoms with Gasteiger partial charge in [0.25, 0.3) is 0 Å². The number of fused-ring (bicyclic) bond motifs is 1. The van der Waals surface area contributed by atoms with E-state index in [0.717, 1.165) is 23.1 Å². The van der Waals surface area contributed by atoms with E-state index in [0.29, 0.717) is 12.3 Å². The number of carbonyl (C=O) groups excluding carboxylic acids is 1. The Morgan fingerprint density at radius 3 is 2.82 bits per heavy atom. The van der Waals surface area contributed by atoms with Gasteiger partial charge in [-0.3, -0.25) is 4.79 Å². The first kappa shape index (κ1) is 11.8. The second-order valence-corrected chi connectivity index (χ2v) is 4.76. The second kappa shape index (κ2) is 4.70. The highest BCUT2D eigenvalue weighted by atomic mass is 16.1. The van der Waals surface area contributed by atoms with E-state index in [-0.39, 0.29) is 5.78 Å². The lowest BCUT2D eigenvalue weighted by Crippen LogP contribution is -2.03. The molecule has 0 aliphatic heterocycles. The van der Waals surface area contributed by atoms with Gasteiger partial charge < -0.3 is 4.57 Å². The molecule has 1 aromatic heterocycles. The fraction of sp³-hybridized carbons (Fsp3) is 0.429. The Kier molecular flexibility index (Phi) is 3.27. The minimum Gasteiger partial charge on any atom is -0.331 e. The lowest BCUT2D eigenvalue weighted by Gasteiger charge is -2.04. The van der Waals surface area contributed by atoms with Crippen molar-refractivity contribution in [3.05, 3.63) is 30.1 Å². The van der Waals surface area contributed by atoms with Gasteiger partial charge in [0.05, 0.1) is 17.4 Å². The summed E-state index contributed by atoms with van der Waals surface area (Å²) in [6.07, 6.45) is 2.42.